The fourth-order valence-corrected chi connectivity index (χ4v) is 11.7. The number of hydroxylamine groups is 6. The molecule has 15 atom stereocenters. The molecule has 0 aromatic heterocycles. The number of unbranched alkanes of at least 4 members (excludes halogenated alkanes) is 2. The van der Waals surface area contributed by atoms with Gasteiger partial charge < -0.3 is 66.8 Å². The van der Waals surface area contributed by atoms with E-state index in [0.717, 1.165) is 19.3 Å². The Hall–Kier alpha value is -7.55. The van der Waals surface area contributed by atoms with Crippen LogP contribution >= 0.6 is 0 Å². The highest BCUT2D eigenvalue weighted by molar-refractivity contribution is 6.03. The third-order valence-corrected chi connectivity index (χ3v) is 17.7. The number of rotatable bonds is 30. The molecule has 0 aliphatic carbocycles. The van der Waals surface area contributed by atoms with Crippen LogP contribution in [-0.2, 0) is 134 Å². The monoisotopic (exact) mass is 1380 g/mol. The second-order valence-electron chi connectivity index (χ2n) is 25.2. The lowest BCUT2D eigenvalue weighted by molar-refractivity contribution is -0.208. The molecule has 32 heteroatoms. The lowest BCUT2D eigenvalue weighted by atomic mass is 9.79. The third kappa shape index (κ3) is 27.0. The van der Waals surface area contributed by atoms with Crippen LogP contribution in [0.4, 0.5) is 0 Å². The van der Waals surface area contributed by atoms with Crippen LogP contribution in [0.15, 0.2) is 0 Å². The number of carbonyl (C=O) groups is 15. The van der Waals surface area contributed by atoms with E-state index >= 15 is 0 Å². The predicted octanol–water partition coefficient (Wildman–Crippen LogP) is 3.84. The Labute approximate surface area is 564 Å². The molecule has 6 heterocycles. The zero-order valence-electron chi connectivity index (χ0n) is 57.9. The molecule has 0 aromatic rings. The van der Waals surface area contributed by atoms with Crippen molar-refractivity contribution >= 4 is 89.2 Å². The third-order valence-electron chi connectivity index (χ3n) is 17.7. The molecule has 0 saturated carbocycles. The summed E-state index contributed by atoms with van der Waals surface area (Å²) < 4.78 is 55.5. The predicted molar refractivity (Wildman–Crippen MR) is 329 cm³/mol. The quantitative estimate of drug-likeness (QED) is 0.0426. The number of ether oxygens (including phenoxy) is 10. The molecule has 546 valence electrons. The molecule has 0 spiro atoms. The zero-order valence-corrected chi connectivity index (χ0v) is 57.9. The van der Waals surface area contributed by atoms with Gasteiger partial charge >= 0.3 is 53.7 Å². The number of carbonyl (C=O) groups excluding carboxylic acids is 15. The van der Waals surface area contributed by atoms with Crippen LogP contribution in [0.5, 0.6) is 0 Å². The van der Waals surface area contributed by atoms with Gasteiger partial charge in [-0.05, 0) is 50.5 Å². The molecule has 32 nitrogen and oxygen atoms in total. The average Bonchev–Trinajstić information content (AvgIpc) is 1.81. The molecule has 6 aliphatic rings. The lowest BCUT2D eigenvalue weighted by Crippen LogP contribution is -2.53. The van der Waals surface area contributed by atoms with Gasteiger partial charge in [0.05, 0.1) is 37.8 Å². The summed E-state index contributed by atoms with van der Waals surface area (Å²) in [5.74, 6) is -7.41. The van der Waals surface area contributed by atoms with E-state index in [0.29, 0.717) is 47.5 Å². The number of amides is 6. The second kappa shape index (κ2) is 40.4. The summed E-state index contributed by atoms with van der Waals surface area (Å²) in [6.45, 7) is 21.2. The molecule has 97 heavy (non-hydrogen) atoms. The van der Waals surface area contributed by atoms with Crippen molar-refractivity contribution in [3.8, 4) is 0 Å². The van der Waals surface area contributed by atoms with Gasteiger partial charge in [-0.2, -0.15) is 0 Å². The van der Waals surface area contributed by atoms with Crippen molar-refractivity contribution in [2.24, 2.45) is 35.5 Å². The Bertz CT molecular complexity index is 2610. The van der Waals surface area contributed by atoms with E-state index in [1.807, 2.05) is 53.5 Å². The van der Waals surface area contributed by atoms with Crippen molar-refractivity contribution in [3.63, 3.8) is 0 Å². The van der Waals surface area contributed by atoms with E-state index in [-0.39, 0.29) is 145 Å². The SMILES string of the molecule is CC(=O)OCC1O[C@H](CCCCCC(=O)ON2C(=O)CCC2=O)C(C)[C@@H](C)[C@H]1OC(C)=O.CC(=O)OCC1O[C@H](CCN(C)CCC(=O)ON2C(=O)CCC2=O)C(C)[C@@H](C)[C@H]1OC(C)=O.CC(=O)OCC1O[C@H](CCOCCC(=O)ON2C(=O)CCC2=O)C(C)[C@@H](C)[C@H]1OC(C)=O. The van der Waals surface area contributed by atoms with Crippen LogP contribution < -0.4 is 0 Å². The van der Waals surface area contributed by atoms with Gasteiger partial charge in [-0.3, -0.25) is 57.5 Å². The minimum absolute atomic E-state index is 0.00351. The van der Waals surface area contributed by atoms with Gasteiger partial charge in [-0.25, -0.2) is 14.4 Å². The molecule has 0 bridgehead atoms. The van der Waals surface area contributed by atoms with Crippen molar-refractivity contribution in [1.82, 2.24) is 20.1 Å². The Morgan fingerprint density at radius 1 is 0.371 bits per heavy atom. The normalized spacial score (nSPS) is 27.8. The van der Waals surface area contributed by atoms with Crippen molar-refractivity contribution in [1.29, 1.82) is 0 Å². The summed E-state index contributed by atoms with van der Waals surface area (Å²) in [7, 11) is 1.84. The molecule has 0 radical (unpaired) electrons. The summed E-state index contributed by atoms with van der Waals surface area (Å²) in [5, 5.41) is 1.61. The van der Waals surface area contributed by atoms with Crippen LogP contribution in [0.2, 0.25) is 0 Å². The Balaban J connectivity index is 0.000000309. The molecule has 6 unspecified atom stereocenters. The van der Waals surface area contributed by atoms with Crippen LogP contribution in [-0.4, -0.2) is 217 Å². The number of hydrogen-bond acceptors (Lipinski definition) is 29. The fourth-order valence-electron chi connectivity index (χ4n) is 11.7. The second-order valence-corrected chi connectivity index (χ2v) is 25.2. The topological polar surface area (TPSA) is 389 Å². The first-order valence-corrected chi connectivity index (χ1v) is 33.0. The minimum Gasteiger partial charge on any atom is -0.463 e. The lowest BCUT2D eigenvalue weighted by Gasteiger charge is -2.44. The van der Waals surface area contributed by atoms with Gasteiger partial charge in [-0.15, -0.1) is 15.2 Å². The molecule has 6 rings (SSSR count). The van der Waals surface area contributed by atoms with E-state index in [1.165, 1.54) is 41.5 Å². The van der Waals surface area contributed by atoms with E-state index in [2.05, 4.69) is 0 Å². The standard InChI is InChI=1S/C22H34N2O9.C22H33NO9.C21H31NO10/c1-13-14(2)22(31-16(4)26)18(12-30-15(3)25)32-17(13)8-10-23(5)11-9-21(29)33-24-19(27)6-7-20(24)28;1-13-14(2)22(30-16(4)25)18(12-29-15(3)24)31-17(13)8-6-5-7-9-21(28)32-23-19(26)10-11-20(23)27;1-12-13(2)21(30-15(4)24)17(11-29-14(3)23)31-16(12)7-9-28-10-8-20(27)32-22-18(25)5-6-19(22)26/h13-14,17-18,22H,6-12H2,1-5H3;13-14,17-18,22H,5-12H2,1-4H3;12-13,16-17,21H,5-11H2,1-4H3/t2*13?,14-,17-,18?,22-;12?,13-,16-,17?,21-/m111/s1. The molecular formula is C65H98N4O28. The number of imide groups is 3. The highest BCUT2D eigenvalue weighted by Gasteiger charge is 2.47. The van der Waals surface area contributed by atoms with E-state index in [1.54, 1.807) is 0 Å². The van der Waals surface area contributed by atoms with Crippen LogP contribution in [0.3, 0.4) is 0 Å². The number of hydrogen-bond donors (Lipinski definition) is 0. The first-order valence-electron chi connectivity index (χ1n) is 33.0. The number of nitrogens with zero attached hydrogens (tertiary/aromatic N) is 4. The van der Waals surface area contributed by atoms with Gasteiger partial charge in [0.1, 0.15) is 56.4 Å². The molecule has 6 fully saturated rings. The van der Waals surface area contributed by atoms with E-state index in [4.69, 9.17) is 61.9 Å². The summed E-state index contributed by atoms with van der Waals surface area (Å²) in [6, 6.07) is 0. The summed E-state index contributed by atoms with van der Waals surface area (Å²) in [6.07, 6.45) is 0.555. The molecule has 0 N–H and O–H groups in total. The molecular weight excluding hydrogens is 1280 g/mol. The fraction of sp³-hybridized carbons (Fsp3) is 0.769. The highest BCUT2D eigenvalue weighted by Crippen LogP contribution is 2.38. The minimum atomic E-state index is -0.727. The maximum atomic E-state index is 12.0. The summed E-state index contributed by atoms with van der Waals surface area (Å²) in [4.78, 5) is 189. The Kier molecular flexibility index (Phi) is 34.1. The first-order chi connectivity index (χ1) is 45.7. The van der Waals surface area contributed by atoms with Crippen molar-refractivity contribution in [2.45, 2.75) is 234 Å². The van der Waals surface area contributed by atoms with Crippen molar-refractivity contribution < 1.29 is 134 Å². The maximum absolute atomic E-state index is 12.0. The van der Waals surface area contributed by atoms with Crippen LogP contribution in [0, 0.1) is 35.5 Å². The van der Waals surface area contributed by atoms with Crippen molar-refractivity contribution in [3.05, 3.63) is 0 Å². The summed E-state index contributed by atoms with van der Waals surface area (Å²) in [5.41, 5.74) is 0. The van der Waals surface area contributed by atoms with Gasteiger partial charge in [-0.1, -0.05) is 54.4 Å². The summed E-state index contributed by atoms with van der Waals surface area (Å²) >= 11 is 0. The van der Waals surface area contributed by atoms with Gasteiger partial charge in [0.2, 0.25) is 0 Å². The average molecular weight is 1380 g/mol. The maximum Gasteiger partial charge on any atom is 0.335 e. The highest BCUT2D eigenvalue weighted by atomic mass is 16.7. The first kappa shape index (κ1) is 81.9. The zero-order chi connectivity index (χ0) is 72.4. The van der Waals surface area contributed by atoms with E-state index in [9.17, 15) is 71.9 Å². The van der Waals surface area contributed by atoms with Crippen LogP contribution in [0.25, 0.3) is 0 Å². The van der Waals surface area contributed by atoms with Gasteiger partial charge in [0.25, 0.3) is 35.4 Å². The van der Waals surface area contributed by atoms with E-state index < -0.39 is 126 Å². The van der Waals surface area contributed by atoms with Gasteiger partial charge in [0.15, 0.2) is 0 Å². The Morgan fingerprint density at radius 3 is 1.03 bits per heavy atom. The number of esters is 6. The molecule has 6 amide bonds. The molecule has 0 aromatic carbocycles. The molecule has 6 saturated heterocycles. The Morgan fingerprint density at radius 2 is 0.691 bits per heavy atom. The van der Waals surface area contributed by atoms with Crippen molar-refractivity contribution in [2.75, 3.05) is 53.2 Å². The largest absolute Gasteiger partial charge is 0.463 e. The smallest absolute Gasteiger partial charge is 0.335 e. The van der Waals surface area contributed by atoms with Crippen LogP contribution in [0.1, 0.15) is 179 Å². The molecule has 6 aliphatic heterocycles. The van der Waals surface area contributed by atoms with Gasteiger partial charge in [0, 0.05) is 124 Å².